The summed E-state index contributed by atoms with van der Waals surface area (Å²) in [5, 5.41) is 17.3. The van der Waals surface area contributed by atoms with Crippen molar-refractivity contribution >= 4 is 6.03 Å². The van der Waals surface area contributed by atoms with Crippen molar-refractivity contribution in [3.05, 3.63) is 18.0 Å². The number of aryl methyl sites for hydroxylation is 1. The van der Waals surface area contributed by atoms with Crippen LogP contribution in [0.15, 0.2) is 12.4 Å². The molecule has 0 unspecified atom stereocenters. The number of likely N-dealkylation sites (N-methyl/N-ethyl adjacent to an activating group) is 1. The number of amides is 2. The van der Waals surface area contributed by atoms with Gasteiger partial charge in [0.25, 0.3) is 0 Å². The number of hydrogen-bond donors (Lipinski definition) is 2. The van der Waals surface area contributed by atoms with Gasteiger partial charge in [0, 0.05) is 44.9 Å². The van der Waals surface area contributed by atoms with E-state index in [1.54, 1.807) is 16.6 Å². The van der Waals surface area contributed by atoms with E-state index >= 15 is 0 Å². The van der Waals surface area contributed by atoms with Crippen LogP contribution in [0, 0.1) is 5.92 Å². The first-order valence-corrected chi connectivity index (χ1v) is 8.70. The monoisotopic (exact) mass is 337 g/mol. The topological polar surface area (TPSA) is 73.6 Å². The Balaban J connectivity index is 1.85. The summed E-state index contributed by atoms with van der Waals surface area (Å²) >= 11 is 0. The van der Waals surface area contributed by atoms with Crippen LogP contribution >= 0.6 is 0 Å². The van der Waals surface area contributed by atoms with Gasteiger partial charge in [-0.3, -0.25) is 4.68 Å². The fourth-order valence-electron chi connectivity index (χ4n) is 3.37. The molecule has 2 N–H and O–H groups in total. The van der Waals surface area contributed by atoms with Gasteiger partial charge in [-0.25, -0.2) is 4.79 Å². The summed E-state index contributed by atoms with van der Waals surface area (Å²) in [6, 6.07) is -0.0140. The molecule has 24 heavy (non-hydrogen) atoms. The lowest BCUT2D eigenvalue weighted by Crippen LogP contribution is -2.45. The molecule has 1 aromatic rings. The average Bonchev–Trinajstić information content (AvgIpc) is 2.95. The summed E-state index contributed by atoms with van der Waals surface area (Å²) in [6.45, 7) is 1.13. The van der Waals surface area contributed by atoms with Crippen LogP contribution in [0.4, 0.5) is 4.79 Å². The number of aromatic nitrogens is 2. The molecule has 7 nitrogen and oxygen atoms in total. The largest absolute Gasteiger partial charge is 0.393 e. The molecule has 0 aromatic carbocycles. The van der Waals surface area contributed by atoms with E-state index in [2.05, 4.69) is 15.3 Å². The van der Waals surface area contributed by atoms with Crippen molar-refractivity contribution in [2.75, 3.05) is 34.2 Å². The van der Waals surface area contributed by atoms with Gasteiger partial charge in [-0.1, -0.05) is 12.8 Å². The summed E-state index contributed by atoms with van der Waals surface area (Å²) in [5.41, 5.74) is 1.08. The number of nitrogens with one attached hydrogen (secondary N) is 1. The molecular formula is C17H31N5O2. The number of aliphatic hydroxyl groups excluding tert-OH is 1. The lowest BCUT2D eigenvalue weighted by molar-refractivity contribution is 0.0564. The van der Waals surface area contributed by atoms with Gasteiger partial charge in [-0.15, -0.1) is 0 Å². The first-order valence-electron chi connectivity index (χ1n) is 8.70. The molecule has 1 heterocycles. The molecule has 1 aliphatic rings. The van der Waals surface area contributed by atoms with Crippen LogP contribution in [0.3, 0.4) is 0 Å². The fraction of sp³-hybridized carbons (Fsp3) is 0.765. The first-order chi connectivity index (χ1) is 11.4. The van der Waals surface area contributed by atoms with E-state index < -0.39 is 0 Å². The zero-order valence-electron chi connectivity index (χ0n) is 15.3. The Morgan fingerprint density at radius 1 is 1.42 bits per heavy atom. The summed E-state index contributed by atoms with van der Waals surface area (Å²) < 4.78 is 1.77. The third kappa shape index (κ3) is 4.95. The quantitative estimate of drug-likeness (QED) is 0.818. The van der Waals surface area contributed by atoms with Crippen LogP contribution in [-0.2, 0) is 7.05 Å². The second kappa shape index (κ2) is 8.48. The second-order valence-corrected chi connectivity index (χ2v) is 7.11. The lowest BCUT2D eigenvalue weighted by atomic mass is 9.86. The predicted molar refractivity (Wildman–Crippen MR) is 93.6 cm³/mol. The van der Waals surface area contributed by atoms with Crippen LogP contribution in [0.5, 0.6) is 0 Å². The van der Waals surface area contributed by atoms with Crippen LogP contribution in [0.1, 0.15) is 37.3 Å². The highest BCUT2D eigenvalue weighted by Crippen LogP contribution is 2.25. The van der Waals surface area contributed by atoms with Crippen LogP contribution < -0.4 is 5.32 Å². The van der Waals surface area contributed by atoms with Crippen molar-refractivity contribution in [1.82, 2.24) is 24.9 Å². The number of nitrogens with zero attached hydrogens (tertiary/aromatic N) is 4. The third-order valence-corrected chi connectivity index (χ3v) is 4.90. The van der Waals surface area contributed by atoms with Crippen molar-refractivity contribution in [3.63, 3.8) is 0 Å². The van der Waals surface area contributed by atoms with E-state index in [1.165, 1.54) is 0 Å². The minimum absolute atomic E-state index is 0.0799. The zero-order valence-corrected chi connectivity index (χ0v) is 15.3. The molecule has 1 aromatic heterocycles. The molecule has 2 rings (SSSR count). The Bertz CT molecular complexity index is 531. The number of aliphatic hydroxyl groups is 1. The number of urea groups is 1. The Morgan fingerprint density at radius 3 is 2.71 bits per heavy atom. The Kier molecular flexibility index (Phi) is 6.62. The highest BCUT2D eigenvalue weighted by Gasteiger charge is 2.26. The van der Waals surface area contributed by atoms with E-state index in [0.717, 1.165) is 31.2 Å². The molecular weight excluding hydrogens is 306 g/mol. The van der Waals surface area contributed by atoms with Crippen molar-refractivity contribution < 1.29 is 9.90 Å². The van der Waals surface area contributed by atoms with Crippen LogP contribution in [0.2, 0.25) is 0 Å². The molecule has 1 aliphatic carbocycles. The average molecular weight is 337 g/mol. The lowest BCUT2D eigenvalue weighted by Gasteiger charge is -2.31. The van der Waals surface area contributed by atoms with Gasteiger partial charge in [0.2, 0.25) is 0 Å². The van der Waals surface area contributed by atoms with Gasteiger partial charge in [0.15, 0.2) is 0 Å². The number of hydrogen-bond acceptors (Lipinski definition) is 4. The van der Waals surface area contributed by atoms with Crippen LogP contribution in [-0.4, -0.2) is 71.1 Å². The molecule has 0 radical (unpaired) electrons. The minimum atomic E-state index is -0.279. The van der Waals surface area contributed by atoms with Crippen molar-refractivity contribution in [1.29, 1.82) is 0 Å². The minimum Gasteiger partial charge on any atom is -0.393 e. The molecule has 0 aliphatic heterocycles. The molecule has 3 atom stereocenters. The molecule has 0 saturated heterocycles. The van der Waals surface area contributed by atoms with E-state index in [4.69, 9.17) is 0 Å². The number of rotatable bonds is 6. The van der Waals surface area contributed by atoms with Crippen molar-refractivity contribution in [3.8, 4) is 0 Å². The summed E-state index contributed by atoms with van der Waals surface area (Å²) in [5.74, 6) is 0.192. The third-order valence-electron chi connectivity index (χ3n) is 4.90. The Labute approximate surface area is 144 Å². The van der Waals surface area contributed by atoms with E-state index in [0.29, 0.717) is 13.1 Å². The molecule has 2 amide bonds. The van der Waals surface area contributed by atoms with Crippen molar-refractivity contribution in [2.45, 2.75) is 37.8 Å². The maximum atomic E-state index is 12.4. The number of carbonyl (C=O) groups excluding carboxylic acids is 1. The van der Waals surface area contributed by atoms with Gasteiger partial charge in [0.1, 0.15) is 0 Å². The van der Waals surface area contributed by atoms with Gasteiger partial charge >= 0.3 is 6.03 Å². The summed E-state index contributed by atoms with van der Waals surface area (Å²) in [7, 11) is 7.67. The van der Waals surface area contributed by atoms with Crippen molar-refractivity contribution in [2.24, 2.45) is 13.0 Å². The fourth-order valence-corrected chi connectivity index (χ4v) is 3.37. The normalized spacial score (nSPS) is 22.4. The summed E-state index contributed by atoms with van der Waals surface area (Å²) in [6.07, 6.45) is 7.60. The SMILES string of the molecule is CN(C[C@@H]1CCCC[C@H]1O)C(=O)NC[C@@H](c1cnn(C)c1)N(C)C. The first kappa shape index (κ1) is 18.7. The zero-order chi connectivity index (χ0) is 17.7. The summed E-state index contributed by atoms with van der Waals surface area (Å²) in [4.78, 5) is 16.1. The maximum absolute atomic E-state index is 12.4. The van der Waals surface area contributed by atoms with Gasteiger partial charge in [-0.2, -0.15) is 5.10 Å². The van der Waals surface area contributed by atoms with Gasteiger partial charge < -0.3 is 20.2 Å². The predicted octanol–water partition coefficient (Wildman–Crippen LogP) is 1.22. The molecule has 7 heteroatoms. The highest BCUT2D eigenvalue weighted by atomic mass is 16.3. The molecule has 1 fully saturated rings. The standard InChI is InChI=1S/C17H31N5O2/c1-20(2)15(14-9-19-22(4)12-14)10-18-17(24)21(3)11-13-7-5-6-8-16(13)23/h9,12-13,15-16,23H,5-8,10-11H2,1-4H3,(H,18,24)/t13-,15-,16+/m0/s1. The Morgan fingerprint density at radius 2 is 2.12 bits per heavy atom. The maximum Gasteiger partial charge on any atom is 0.317 e. The van der Waals surface area contributed by atoms with Crippen LogP contribution in [0.25, 0.3) is 0 Å². The molecule has 1 saturated carbocycles. The highest BCUT2D eigenvalue weighted by molar-refractivity contribution is 5.73. The second-order valence-electron chi connectivity index (χ2n) is 7.11. The van der Waals surface area contributed by atoms with Gasteiger partial charge in [-0.05, 0) is 26.9 Å². The molecule has 0 spiro atoms. The molecule has 0 bridgehead atoms. The smallest absolute Gasteiger partial charge is 0.317 e. The number of carbonyl (C=O) groups is 1. The van der Waals surface area contributed by atoms with Gasteiger partial charge in [0.05, 0.1) is 18.3 Å². The van der Waals surface area contributed by atoms with E-state index in [1.807, 2.05) is 33.5 Å². The molecule has 136 valence electrons. The van der Waals surface area contributed by atoms with E-state index in [9.17, 15) is 9.90 Å². The van der Waals surface area contributed by atoms with E-state index in [-0.39, 0.29) is 24.1 Å². The Hall–Kier alpha value is -1.60.